The van der Waals surface area contributed by atoms with Crippen LogP contribution in [0.4, 0.5) is 4.39 Å². The SMILES string of the molecule is CNOC(=O)c1ccc2nc(-c3cc(OC)c(OCc4ccccc4)c(OCc4ccccc4)c3F)n(C3(C)COC3)c2c1. The topological polar surface area (TPSA) is 93.1 Å². The van der Waals surface area contributed by atoms with E-state index in [1.807, 2.05) is 72.2 Å². The number of nitrogens with zero attached hydrogens (tertiary/aromatic N) is 2. The highest BCUT2D eigenvalue weighted by Gasteiger charge is 2.40. The van der Waals surface area contributed by atoms with Gasteiger partial charge in [0, 0.05) is 7.05 Å². The van der Waals surface area contributed by atoms with Crippen LogP contribution < -0.4 is 19.7 Å². The Balaban J connectivity index is 1.51. The quantitative estimate of drug-likeness (QED) is 0.184. The highest BCUT2D eigenvalue weighted by molar-refractivity contribution is 5.94. The molecule has 6 rings (SSSR count). The Morgan fingerprint density at radius 2 is 1.59 bits per heavy atom. The number of carbonyl (C=O) groups is 1. The van der Waals surface area contributed by atoms with E-state index in [1.165, 1.54) is 14.2 Å². The van der Waals surface area contributed by atoms with Crippen molar-refractivity contribution < 1.29 is 33.0 Å². The van der Waals surface area contributed by atoms with Gasteiger partial charge in [0.15, 0.2) is 11.6 Å². The summed E-state index contributed by atoms with van der Waals surface area (Å²) >= 11 is 0. The largest absolute Gasteiger partial charge is 0.493 e. The predicted octanol–water partition coefficient (Wildman–Crippen LogP) is 6.05. The van der Waals surface area contributed by atoms with Crippen LogP contribution in [0.2, 0.25) is 0 Å². The monoisotopic (exact) mass is 597 g/mol. The van der Waals surface area contributed by atoms with Gasteiger partial charge in [-0.25, -0.2) is 14.2 Å². The van der Waals surface area contributed by atoms with Gasteiger partial charge in [-0.15, -0.1) is 0 Å². The molecule has 0 aliphatic carbocycles. The molecule has 1 fully saturated rings. The number of imidazole rings is 1. The Bertz CT molecular complexity index is 1790. The molecule has 2 heterocycles. The van der Waals surface area contributed by atoms with Crippen LogP contribution in [-0.2, 0) is 28.3 Å². The minimum absolute atomic E-state index is 0.0916. The molecule has 0 bridgehead atoms. The van der Waals surface area contributed by atoms with E-state index in [1.54, 1.807) is 24.3 Å². The molecule has 5 aromatic rings. The summed E-state index contributed by atoms with van der Waals surface area (Å²) in [5, 5.41) is 0. The van der Waals surface area contributed by atoms with Crippen molar-refractivity contribution in [1.82, 2.24) is 15.0 Å². The number of benzene rings is 4. The number of aromatic nitrogens is 2. The summed E-state index contributed by atoms with van der Waals surface area (Å²) in [7, 11) is 3.00. The molecule has 1 aromatic heterocycles. The zero-order chi connectivity index (χ0) is 30.7. The average Bonchev–Trinajstić information content (AvgIpc) is 3.42. The fourth-order valence-electron chi connectivity index (χ4n) is 5.24. The van der Waals surface area contributed by atoms with Gasteiger partial charge in [-0.05, 0) is 42.3 Å². The zero-order valence-corrected chi connectivity index (χ0v) is 24.6. The lowest BCUT2D eigenvalue weighted by molar-refractivity contribution is -0.0868. The molecule has 0 amide bonds. The number of halogens is 1. The molecule has 1 saturated heterocycles. The van der Waals surface area contributed by atoms with Gasteiger partial charge in [0.25, 0.3) is 0 Å². The molecule has 0 atom stereocenters. The van der Waals surface area contributed by atoms with E-state index in [-0.39, 0.29) is 36.0 Å². The second-order valence-electron chi connectivity index (χ2n) is 10.7. The van der Waals surface area contributed by atoms with E-state index in [0.29, 0.717) is 35.6 Å². The van der Waals surface area contributed by atoms with Crippen LogP contribution in [-0.4, -0.2) is 42.9 Å². The molecule has 9 nitrogen and oxygen atoms in total. The third-order valence-electron chi connectivity index (χ3n) is 7.50. The smallest absolute Gasteiger partial charge is 0.356 e. The number of carbonyl (C=O) groups excluding carboxylic acids is 1. The number of methoxy groups -OCH3 is 1. The Kier molecular flexibility index (Phi) is 8.19. The van der Waals surface area contributed by atoms with Crippen molar-refractivity contribution in [2.75, 3.05) is 27.4 Å². The van der Waals surface area contributed by atoms with E-state index in [9.17, 15) is 4.79 Å². The molecule has 4 aromatic carbocycles. The Hall–Kier alpha value is -4.93. The van der Waals surface area contributed by atoms with Crippen molar-refractivity contribution in [2.24, 2.45) is 0 Å². The first kappa shape index (κ1) is 29.2. The fourth-order valence-corrected chi connectivity index (χ4v) is 5.24. The lowest BCUT2D eigenvalue weighted by Gasteiger charge is -2.41. The lowest BCUT2D eigenvalue weighted by atomic mass is 9.98. The summed E-state index contributed by atoms with van der Waals surface area (Å²) in [6.07, 6.45) is 0. The number of ether oxygens (including phenoxy) is 4. The standard InChI is InChI=1S/C34H32FN3O6/c1-34(20-41-21-34)38-27-16-24(33(39)44-36-2)14-15-26(27)37-32(38)25-17-28(40-3)30(42-18-22-10-6-4-7-11-22)31(29(25)35)43-19-23-12-8-5-9-13-23/h4-17,36H,18-21H2,1-3H3. The van der Waals surface area contributed by atoms with Gasteiger partial charge in [0.05, 0.1) is 48.0 Å². The first-order chi connectivity index (χ1) is 21.4. The van der Waals surface area contributed by atoms with Crippen molar-refractivity contribution in [1.29, 1.82) is 0 Å². The van der Waals surface area contributed by atoms with E-state index in [0.717, 1.165) is 11.1 Å². The number of hydrogen-bond donors (Lipinski definition) is 1. The Morgan fingerprint density at radius 1 is 0.955 bits per heavy atom. The first-order valence-electron chi connectivity index (χ1n) is 14.1. The van der Waals surface area contributed by atoms with Crippen molar-refractivity contribution in [3.8, 4) is 28.6 Å². The summed E-state index contributed by atoms with van der Waals surface area (Å²) in [6.45, 7) is 3.04. The molecular weight excluding hydrogens is 565 g/mol. The van der Waals surface area contributed by atoms with Crippen molar-refractivity contribution in [3.05, 3.63) is 107 Å². The van der Waals surface area contributed by atoms with Crippen LogP contribution in [0, 0.1) is 5.82 Å². The van der Waals surface area contributed by atoms with Gasteiger partial charge in [-0.1, -0.05) is 60.7 Å². The van der Waals surface area contributed by atoms with E-state index in [2.05, 4.69) is 5.48 Å². The van der Waals surface area contributed by atoms with Crippen molar-refractivity contribution >= 4 is 17.0 Å². The van der Waals surface area contributed by atoms with Gasteiger partial charge in [0.1, 0.15) is 19.0 Å². The summed E-state index contributed by atoms with van der Waals surface area (Å²) in [5.41, 5.74) is 5.29. The maximum absolute atomic E-state index is 16.9. The maximum Gasteiger partial charge on any atom is 0.356 e. The van der Waals surface area contributed by atoms with Gasteiger partial charge in [-0.3, -0.25) is 0 Å². The molecule has 0 spiro atoms. The second kappa shape index (κ2) is 12.4. The Labute approximate surface area is 254 Å². The molecule has 226 valence electrons. The van der Waals surface area contributed by atoms with Crippen LogP contribution in [0.5, 0.6) is 17.2 Å². The number of fused-ring (bicyclic) bond motifs is 1. The minimum Gasteiger partial charge on any atom is -0.493 e. The number of hydrogen-bond acceptors (Lipinski definition) is 8. The number of nitrogens with one attached hydrogen (secondary N) is 1. The number of hydroxylamine groups is 1. The molecule has 1 N–H and O–H groups in total. The normalized spacial score (nSPS) is 13.7. The summed E-state index contributed by atoms with van der Waals surface area (Å²) < 4.78 is 42.4. The molecule has 1 aliphatic heterocycles. The van der Waals surface area contributed by atoms with Crippen LogP contribution in [0.25, 0.3) is 22.4 Å². The second-order valence-corrected chi connectivity index (χ2v) is 10.7. The summed E-state index contributed by atoms with van der Waals surface area (Å²) in [5.74, 6) is -0.534. The third kappa shape index (κ3) is 5.57. The maximum atomic E-state index is 16.9. The predicted molar refractivity (Wildman–Crippen MR) is 162 cm³/mol. The van der Waals surface area contributed by atoms with Gasteiger partial charge >= 0.3 is 5.97 Å². The highest BCUT2D eigenvalue weighted by Crippen LogP contribution is 2.47. The molecule has 44 heavy (non-hydrogen) atoms. The summed E-state index contributed by atoms with van der Waals surface area (Å²) in [6, 6.07) is 25.7. The molecule has 0 radical (unpaired) electrons. The van der Waals surface area contributed by atoms with Gasteiger partial charge in [0.2, 0.25) is 11.5 Å². The Morgan fingerprint density at radius 3 is 2.16 bits per heavy atom. The number of rotatable bonds is 11. The van der Waals surface area contributed by atoms with E-state index in [4.69, 9.17) is 28.8 Å². The lowest BCUT2D eigenvalue weighted by Crippen LogP contribution is -2.49. The summed E-state index contributed by atoms with van der Waals surface area (Å²) in [4.78, 5) is 22.4. The average molecular weight is 598 g/mol. The minimum atomic E-state index is -0.653. The molecule has 10 heteroatoms. The van der Waals surface area contributed by atoms with Gasteiger partial charge in [-0.2, -0.15) is 5.48 Å². The van der Waals surface area contributed by atoms with Crippen molar-refractivity contribution in [2.45, 2.75) is 25.7 Å². The fraction of sp³-hybridized carbons (Fsp3) is 0.235. The van der Waals surface area contributed by atoms with Gasteiger partial charge < -0.3 is 28.4 Å². The van der Waals surface area contributed by atoms with Crippen LogP contribution in [0.3, 0.4) is 0 Å². The molecular formula is C34H32FN3O6. The molecule has 0 saturated carbocycles. The highest BCUT2D eigenvalue weighted by atomic mass is 19.1. The molecule has 0 unspecified atom stereocenters. The third-order valence-corrected chi connectivity index (χ3v) is 7.50. The van der Waals surface area contributed by atoms with E-state index < -0.39 is 17.3 Å². The zero-order valence-electron chi connectivity index (χ0n) is 24.6. The van der Waals surface area contributed by atoms with E-state index >= 15 is 4.39 Å². The van der Waals surface area contributed by atoms with Crippen molar-refractivity contribution in [3.63, 3.8) is 0 Å². The first-order valence-corrected chi connectivity index (χ1v) is 14.1. The molecule has 1 aliphatic rings. The van der Waals surface area contributed by atoms with Crippen LogP contribution in [0.15, 0.2) is 84.9 Å². The van der Waals surface area contributed by atoms with Crippen LogP contribution >= 0.6 is 0 Å². The van der Waals surface area contributed by atoms with Crippen LogP contribution in [0.1, 0.15) is 28.4 Å².